The predicted octanol–water partition coefficient (Wildman–Crippen LogP) is 2.34. The van der Waals surface area contributed by atoms with Crippen molar-refractivity contribution in [1.82, 2.24) is 4.90 Å². The number of methoxy groups -OCH3 is 2. The predicted molar refractivity (Wildman–Crippen MR) is 107 cm³/mol. The number of ether oxygens (including phenoxy) is 3. The second-order valence-electron chi connectivity index (χ2n) is 9.71. The summed E-state index contributed by atoms with van der Waals surface area (Å²) in [5.41, 5.74) is 9.23. The van der Waals surface area contributed by atoms with Gasteiger partial charge in [-0.15, -0.1) is 0 Å². The topological polar surface area (TPSA) is 57.0 Å². The zero-order valence-electron chi connectivity index (χ0n) is 17.0. The lowest BCUT2D eigenvalue weighted by Crippen LogP contribution is -2.69. The van der Waals surface area contributed by atoms with Crippen molar-refractivity contribution in [3.05, 3.63) is 23.3 Å². The second kappa shape index (κ2) is 6.10. The van der Waals surface area contributed by atoms with Crippen LogP contribution in [0.3, 0.4) is 0 Å². The minimum absolute atomic E-state index is 0.0555. The molecule has 2 bridgehead atoms. The van der Waals surface area contributed by atoms with Crippen molar-refractivity contribution < 1.29 is 14.2 Å². The number of rotatable bonds is 5. The molecule has 5 aliphatic rings. The summed E-state index contributed by atoms with van der Waals surface area (Å²) in [6.45, 7) is 3.13. The zero-order valence-corrected chi connectivity index (χ0v) is 17.0. The van der Waals surface area contributed by atoms with Gasteiger partial charge < -0.3 is 19.9 Å². The van der Waals surface area contributed by atoms with E-state index in [-0.39, 0.29) is 17.6 Å². The Labute approximate surface area is 167 Å². The van der Waals surface area contributed by atoms with E-state index in [0.717, 1.165) is 36.7 Å². The lowest BCUT2D eigenvalue weighted by molar-refractivity contribution is -0.139. The Kier molecular flexibility index (Phi) is 3.82. The van der Waals surface area contributed by atoms with E-state index in [1.54, 1.807) is 7.11 Å². The average molecular weight is 385 g/mol. The summed E-state index contributed by atoms with van der Waals surface area (Å²) in [5.74, 6) is 3.75. The molecule has 6 atom stereocenters. The highest BCUT2D eigenvalue weighted by Gasteiger charge is 2.67. The molecule has 3 fully saturated rings. The Bertz CT molecular complexity index is 794. The molecular weight excluding hydrogens is 352 g/mol. The van der Waals surface area contributed by atoms with Crippen molar-refractivity contribution in [1.29, 1.82) is 0 Å². The highest BCUT2D eigenvalue weighted by molar-refractivity contribution is 5.61. The van der Waals surface area contributed by atoms with E-state index < -0.39 is 0 Å². The number of benzene rings is 1. The summed E-state index contributed by atoms with van der Waals surface area (Å²) >= 11 is 0. The summed E-state index contributed by atoms with van der Waals surface area (Å²) in [6.07, 6.45) is 6.39. The van der Waals surface area contributed by atoms with E-state index in [1.807, 2.05) is 7.11 Å². The normalized spacial score (nSPS) is 40.8. The SMILES string of the molecule is COc1ccc2c3c1OC1C(OC)C(CN)CC4C(C2)N(CC2CC2)CCC341. The molecule has 6 unspecified atom stereocenters. The van der Waals surface area contributed by atoms with Crippen LogP contribution in [-0.2, 0) is 16.6 Å². The number of likely N-dealkylation sites (tertiary alicyclic amines) is 1. The van der Waals surface area contributed by atoms with Crippen LogP contribution in [0, 0.1) is 17.8 Å². The molecule has 6 rings (SSSR count). The standard InChI is InChI=1S/C23H32N2O3/c1-26-18-6-5-14-10-17-16-9-15(11-24)20(27-2)22-23(16,19(14)21(18)28-22)7-8-25(17)12-13-3-4-13/h5-6,13,15-17,20,22H,3-4,7-12,24H2,1-2H3. The van der Waals surface area contributed by atoms with Crippen LogP contribution in [0.15, 0.2) is 12.1 Å². The van der Waals surface area contributed by atoms with Crippen LogP contribution in [0.1, 0.15) is 36.8 Å². The highest BCUT2D eigenvalue weighted by Crippen LogP contribution is 2.65. The number of nitrogens with zero attached hydrogens (tertiary/aromatic N) is 1. The van der Waals surface area contributed by atoms with Gasteiger partial charge in [0, 0.05) is 36.6 Å². The van der Waals surface area contributed by atoms with E-state index in [2.05, 4.69) is 17.0 Å². The van der Waals surface area contributed by atoms with E-state index >= 15 is 0 Å². The Hall–Kier alpha value is -1.30. The van der Waals surface area contributed by atoms with Crippen LogP contribution in [-0.4, -0.2) is 57.0 Å². The smallest absolute Gasteiger partial charge is 0.165 e. The van der Waals surface area contributed by atoms with E-state index in [0.29, 0.717) is 24.4 Å². The van der Waals surface area contributed by atoms with Crippen molar-refractivity contribution in [2.24, 2.45) is 23.5 Å². The van der Waals surface area contributed by atoms with Crippen molar-refractivity contribution in [2.45, 2.75) is 55.8 Å². The number of nitrogens with two attached hydrogens (primary N) is 1. The molecule has 1 aromatic carbocycles. The zero-order chi connectivity index (χ0) is 19.0. The molecule has 1 spiro atoms. The minimum Gasteiger partial charge on any atom is -0.493 e. The van der Waals surface area contributed by atoms with Gasteiger partial charge in [0.15, 0.2) is 11.5 Å². The molecule has 1 aromatic rings. The third-order valence-corrected chi connectivity index (χ3v) is 8.57. The van der Waals surface area contributed by atoms with Gasteiger partial charge in [0.25, 0.3) is 0 Å². The molecule has 5 heteroatoms. The molecule has 0 aromatic heterocycles. The minimum atomic E-state index is 0.0555. The van der Waals surface area contributed by atoms with Crippen LogP contribution in [0.5, 0.6) is 11.5 Å². The molecule has 2 N–H and O–H groups in total. The Morgan fingerprint density at radius 3 is 2.86 bits per heavy atom. The van der Waals surface area contributed by atoms with Crippen molar-refractivity contribution in [3.63, 3.8) is 0 Å². The lowest BCUT2D eigenvalue weighted by atomic mass is 9.49. The van der Waals surface area contributed by atoms with Gasteiger partial charge in [-0.25, -0.2) is 0 Å². The first-order valence-electron chi connectivity index (χ1n) is 11.0. The number of hydrogen-bond donors (Lipinski definition) is 1. The first kappa shape index (κ1) is 17.5. The van der Waals surface area contributed by atoms with Gasteiger partial charge >= 0.3 is 0 Å². The van der Waals surface area contributed by atoms with Crippen molar-refractivity contribution >= 4 is 0 Å². The van der Waals surface area contributed by atoms with Gasteiger partial charge in [-0.3, -0.25) is 4.90 Å². The molecule has 28 heavy (non-hydrogen) atoms. The third-order valence-electron chi connectivity index (χ3n) is 8.57. The van der Waals surface area contributed by atoms with Gasteiger partial charge in [-0.05, 0) is 68.7 Å². The number of piperidine rings is 1. The quantitative estimate of drug-likeness (QED) is 0.845. The molecule has 0 radical (unpaired) electrons. The Morgan fingerprint density at radius 2 is 2.14 bits per heavy atom. The fraction of sp³-hybridized carbons (Fsp3) is 0.739. The maximum atomic E-state index is 6.74. The second-order valence-corrected chi connectivity index (χ2v) is 9.71. The van der Waals surface area contributed by atoms with Crippen molar-refractivity contribution in [2.75, 3.05) is 33.9 Å². The fourth-order valence-electron chi connectivity index (χ4n) is 7.21. The third kappa shape index (κ3) is 2.13. The largest absolute Gasteiger partial charge is 0.493 e. The Morgan fingerprint density at radius 1 is 1.29 bits per heavy atom. The highest BCUT2D eigenvalue weighted by atomic mass is 16.6. The molecule has 152 valence electrons. The monoisotopic (exact) mass is 384 g/mol. The first-order chi connectivity index (χ1) is 13.7. The van der Waals surface area contributed by atoms with Crippen LogP contribution >= 0.6 is 0 Å². The fourth-order valence-corrected chi connectivity index (χ4v) is 7.21. The summed E-state index contributed by atoms with van der Waals surface area (Å²) in [7, 11) is 3.58. The molecule has 1 saturated heterocycles. The van der Waals surface area contributed by atoms with Crippen LogP contribution in [0.2, 0.25) is 0 Å². The molecule has 0 amide bonds. The van der Waals surface area contributed by atoms with E-state index in [1.165, 1.54) is 37.1 Å². The molecular formula is C23H32N2O3. The van der Waals surface area contributed by atoms with Crippen LogP contribution in [0.25, 0.3) is 0 Å². The average Bonchev–Trinajstić information content (AvgIpc) is 3.47. The summed E-state index contributed by atoms with van der Waals surface area (Å²) in [5, 5.41) is 0. The van der Waals surface area contributed by atoms with Gasteiger partial charge in [-0.1, -0.05) is 6.07 Å². The van der Waals surface area contributed by atoms with Gasteiger partial charge in [0.05, 0.1) is 13.2 Å². The maximum absolute atomic E-state index is 6.74. The molecule has 3 aliphatic carbocycles. The van der Waals surface area contributed by atoms with E-state index in [9.17, 15) is 0 Å². The van der Waals surface area contributed by atoms with E-state index in [4.69, 9.17) is 19.9 Å². The van der Waals surface area contributed by atoms with Crippen molar-refractivity contribution in [3.8, 4) is 11.5 Å². The molecule has 2 heterocycles. The van der Waals surface area contributed by atoms with Gasteiger partial charge in [0.1, 0.15) is 6.10 Å². The summed E-state index contributed by atoms with van der Waals surface area (Å²) in [6, 6.07) is 5.01. The van der Waals surface area contributed by atoms with Gasteiger partial charge in [-0.2, -0.15) is 0 Å². The molecule has 2 saturated carbocycles. The molecule has 5 nitrogen and oxygen atoms in total. The van der Waals surface area contributed by atoms with Gasteiger partial charge in [0.2, 0.25) is 0 Å². The first-order valence-corrected chi connectivity index (χ1v) is 11.0. The lowest BCUT2D eigenvalue weighted by Gasteiger charge is -2.61. The maximum Gasteiger partial charge on any atom is 0.165 e. The summed E-state index contributed by atoms with van der Waals surface area (Å²) < 4.78 is 18.5. The molecule has 2 aliphatic heterocycles. The van der Waals surface area contributed by atoms with Crippen LogP contribution < -0.4 is 15.2 Å². The summed E-state index contributed by atoms with van der Waals surface area (Å²) in [4.78, 5) is 2.82. The number of hydrogen-bond acceptors (Lipinski definition) is 5. The Balaban J connectivity index is 1.51. The van der Waals surface area contributed by atoms with Crippen LogP contribution in [0.4, 0.5) is 0 Å².